The van der Waals surface area contributed by atoms with Crippen LogP contribution in [0.2, 0.25) is 0 Å². The van der Waals surface area contributed by atoms with Gasteiger partial charge in [-0.05, 0) is 48.4 Å². The number of carbonyl (C=O) groups is 1. The largest absolute Gasteiger partial charge is 0.497 e. The smallest absolute Gasteiger partial charge is 0.227 e. The van der Waals surface area contributed by atoms with Crippen LogP contribution in [0.1, 0.15) is 12.5 Å². The number of nitrogens with one attached hydrogen (secondary N) is 1. The van der Waals surface area contributed by atoms with E-state index in [0.717, 1.165) is 22.7 Å². The number of hydrogen-bond acceptors (Lipinski definition) is 4. The van der Waals surface area contributed by atoms with E-state index < -0.39 is 0 Å². The standard InChI is InChI=1S/C19H24N2O3.ClH/c1-14(13-15-3-7-17(23-2)8-4-15)19(22)21-16-5-9-18(10-6-16)24-12-11-20;/h3-10,14H,11-13,20H2,1-2H3,(H,21,22);1H. The highest BCUT2D eigenvalue weighted by atomic mass is 35.5. The second kappa shape index (κ2) is 10.6. The molecule has 1 amide bonds. The molecule has 0 saturated carbocycles. The maximum Gasteiger partial charge on any atom is 0.227 e. The van der Waals surface area contributed by atoms with E-state index in [1.807, 2.05) is 55.5 Å². The van der Waals surface area contributed by atoms with Crippen molar-refractivity contribution in [1.29, 1.82) is 0 Å². The lowest BCUT2D eigenvalue weighted by Crippen LogP contribution is -2.22. The van der Waals surface area contributed by atoms with Gasteiger partial charge in [0.1, 0.15) is 18.1 Å². The Morgan fingerprint density at radius 1 is 1.08 bits per heavy atom. The van der Waals surface area contributed by atoms with Crippen molar-refractivity contribution in [3.63, 3.8) is 0 Å². The van der Waals surface area contributed by atoms with Gasteiger partial charge in [-0.25, -0.2) is 0 Å². The predicted molar refractivity (Wildman–Crippen MR) is 103 cm³/mol. The SMILES string of the molecule is COc1ccc(CC(C)C(=O)Nc2ccc(OCCN)cc2)cc1.Cl. The molecule has 2 rings (SSSR count). The first kappa shape index (κ1) is 20.8. The van der Waals surface area contributed by atoms with Gasteiger partial charge in [-0.1, -0.05) is 19.1 Å². The van der Waals surface area contributed by atoms with E-state index in [0.29, 0.717) is 19.6 Å². The molecule has 0 radical (unpaired) electrons. The predicted octanol–water partition coefficient (Wildman–Crippen LogP) is 3.27. The van der Waals surface area contributed by atoms with Gasteiger partial charge in [0, 0.05) is 18.2 Å². The Labute approximate surface area is 154 Å². The number of halogens is 1. The van der Waals surface area contributed by atoms with Crippen LogP contribution in [0.4, 0.5) is 5.69 Å². The quantitative estimate of drug-likeness (QED) is 0.754. The van der Waals surface area contributed by atoms with E-state index in [4.69, 9.17) is 15.2 Å². The van der Waals surface area contributed by atoms with Crippen molar-refractivity contribution in [3.05, 3.63) is 54.1 Å². The van der Waals surface area contributed by atoms with Crippen molar-refractivity contribution >= 4 is 24.0 Å². The lowest BCUT2D eigenvalue weighted by Gasteiger charge is -2.13. The summed E-state index contributed by atoms with van der Waals surface area (Å²) in [5.74, 6) is 1.41. The first-order chi connectivity index (χ1) is 11.6. The highest BCUT2D eigenvalue weighted by Gasteiger charge is 2.14. The van der Waals surface area contributed by atoms with Crippen LogP contribution in [0.5, 0.6) is 11.5 Å². The molecule has 1 unspecified atom stereocenters. The molecule has 0 aromatic heterocycles. The lowest BCUT2D eigenvalue weighted by molar-refractivity contribution is -0.119. The summed E-state index contributed by atoms with van der Waals surface area (Å²) >= 11 is 0. The fraction of sp³-hybridized carbons (Fsp3) is 0.316. The molecule has 2 aromatic carbocycles. The zero-order chi connectivity index (χ0) is 17.4. The Morgan fingerprint density at radius 3 is 2.24 bits per heavy atom. The molecule has 6 heteroatoms. The molecule has 2 aromatic rings. The fourth-order valence-electron chi connectivity index (χ4n) is 2.28. The van der Waals surface area contributed by atoms with Crippen molar-refractivity contribution in [1.82, 2.24) is 0 Å². The average Bonchev–Trinajstić information content (AvgIpc) is 2.61. The van der Waals surface area contributed by atoms with Gasteiger partial charge in [-0.15, -0.1) is 12.4 Å². The second-order valence-corrected chi connectivity index (χ2v) is 5.60. The number of methoxy groups -OCH3 is 1. The monoisotopic (exact) mass is 364 g/mol. The molecule has 0 spiro atoms. The Kier molecular flexibility index (Phi) is 8.81. The number of anilines is 1. The van der Waals surface area contributed by atoms with Crippen molar-refractivity contribution in [2.75, 3.05) is 25.6 Å². The van der Waals surface area contributed by atoms with Crippen LogP contribution < -0.4 is 20.5 Å². The number of ether oxygens (including phenoxy) is 2. The van der Waals surface area contributed by atoms with E-state index in [-0.39, 0.29) is 24.2 Å². The summed E-state index contributed by atoms with van der Waals surface area (Å²) in [5, 5.41) is 2.92. The lowest BCUT2D eigenvalue weighted by atomic mass is 10.00. The van der Waals surface area contributed by atoms with Gasteiger partial charge in [0.2, 0.25) is 5.91 Å². The van der Waals surface area contributed by atoms with E-state index in [9.17, 15) is 4.79 Å². The Bertz CT molecular complexity index is 645. The maximum absolute atomic E-state index is 12.3. The number of nitrogens with two attached hydrogens (primary N) is 1. The normalized spacial score (nSPS) is 11.2. The molecule has 0 aliphatic heterocycles. The van der Waals surface area contributed by atoms with Crippen molar-refractivity contribution in [3.8, 4) is 11.5 Å². The molecule has 25 heavy (non-hydrogen) atoms. The third-order valence-corrected chi connectivity index (χ3v) is 3.66. The molecule has 0 bridgehead atoms. The first-order valence-corrected chi connectivity index (χ1v) is 7.99. The average molecular weight is 365 g/mol. The van der Waals surface area contributed by atoms with Gasteiger partial charge in [0.05, 0.1) is 7.11 Å². The van der Waals surface area contributed by atoms with Gasteiger partial charge < -0.3 is 20.5 Å². The Hall–Kier alpha value is -2.24. The molecule has 0 fully saturated rings. The van der Waals surface area contributed by atoms with Gasteiger partial charge in [-0.2, -0.15) is 0 Å². The summed E-state index contributed by atoms with van der Waals surface area (Å²) in [6, 6.07) is 15.0. The Balaban J connectivity index is 0.00000312. The number of carbonyl (C=O) groups excluding carboxylic acids is 1. The highest BCUT2D eigenvalue weighted by molar-refractivity contribution is 5.92. The highest BCUT2D eigenvalue weighted by Crippen LogP contribution is 2.18. The van der Waals surface area contributed by atoms with E-state index in [1.165, 1.54) is 0 Å². The molecule has 136 valence electrons. The second-order valence-electron chi connectivity index (χ2n) is 5.60. The summed E-state index contributed by atoms with van der Waals surface area (Å²) < 4.78 is 10.6. The zero-order valence-electron chi connectivity index (χ0n) is 14.5. The maximum atomic E-state index is 12.3. The van der Waals surface area contributed by atoms with Crippen LogP contribution >= 0.6 is 12.4 Å². The third kappa shape index (κ3) is 6.64. The number of benzene rings is 2. The minimum absolute atomic E-state index is 0. The van der Waals surface area contributed by atoms with Crippen molar-refractivity contribution in [2.45, 2.75) is 13.3 Å². The summed E-state index contributed by atoms with van der Waals surface area (Å²) in [4.78, 5) is 12.3. The molecule has 1 atom stereocenters. The summed E-state index contributed by atoms with van der Waals surface area (Å²) in [6.07, 6.45) is 0.674. The topological polar surface area (TPSA) is 73.6 Å². The molecular formula is C19H25ClN2O3. The van der Waals surface area contributed by atoms with Crippen molar-refractivity contribution < 1.29 is 14.3 Å². The van der Waals surface area contributed by atoms with Crippen LogP contribution in [0.3, 0.4) is 0 Å². The Morgan fingerprint density at radius 2 is 1.68 bits per heavy atom. The number of amides is 1. The van der Waals surface area contributed by atoms with Crippen LogP contribution in [0.15, 0.2) is 48.5 Å². The van der Waals surface area contributed by atoms with Crippen LogP contribution in [-0.4, -0.2) is 26.2 Å². The number of rotatable bonds is 8. The van der Waals surface area contributed by atoms with Crippen LogP contribution in [-0.2, 0) is 11.2 Å². The summed E-state index contributed by atoms with van der Waals surface area (Å²) in [6.45, 7) is 2.87. The molecule has 5 nitrogen and oxygen atoms in total. The molecule has 0 aliphatic carbocycles. The summed E-state index contributed by atoms with van der Waals surface area (Å²) in [7, 11) is 1.64. The molecule has 0 aliphatic rings. The molecule has 0 saturated heterocycles. The van der Waals surface area contributed by atoms with Crippen LogP contribution in [0.25, 0.3) is 0 Å². The third-order valence-electron chi connectivity index (χ3n) is 3.66. The molecule has 3 N–H and O–H groups in total. The van der Waals surface area contributed by atoms with Crippen molar-refractivity contribution in [2.24, 2.45) is 11.7 Å². The van der Waals surface area contributed by atoms with Gasteiger partial charge >= 0.3 is 0 Å². The first-order valence-electron chi connectivity index (χ1n) is 7.99. The van der Waals surface area contributed by atoms with Gasteiger partial charge in [0.15, 0.2) is 0 Å². The van der Waals surface area contributed by atoms with Gasteiger partial charge in [0.25, 0.3) is 0 Å². The van der Waals surface area contributed by atoms with Gasteiger partial charge in [-0.3, -0.25) is 4.79 Å². The number of hydrogen-bond donors (Lipinski definition) is 2. The van der Waals surface area contributed by atoms with E-state index in [2.05, 4.69) is 5.32 Å². The summed E-state index contributed by atoms with van der Waals surface area (Å²) in [5.41, 5.74) is 7.25. The van der Waals surface area contributed by atoms with Crippen LogP contribution in [0, 0.1) is 5.92 Å². The van der Waals surface area contributed by atoms with E-state index in [1.54, 1.807) is 7.11 Å². The molecule has 0 heterocycles. The fourth-order valence-corrected chi connectivity index (χ4v) is 2.28. The zero-order valence-corrected chi connectivity index (χ0v) is 15.3. The molecular weight excluding hydrogens is 340 g/mol. The van der Waals surface area contributed by atoms with E-state index >= 15 is 0 Å². The minimum Gasteiger partial charge on any atom is -0.497 e. The minimum atomic E-state index is -0.133.